The van der Waals surface area contributed by atoms with Gasteiger partial charge in [0, 0.05) is 49.4 Å². The van der Waals surface area contributed by atoms with Crippen molar-refractivity contribution in [3.63, 3.8) is 0 Å². The van der Waals surface area contributed by atoms with E-state index in [0.717, 1.165) is 37.4 Å². The fourth-order valence-corrected chi connectivity index (χ4v) is 4.74. The quantitative estimate of drug-likeness (QED) is 0.852. The van der Waals surface area contributed by atoms with Crippen molar-refractivity contribution >= 4 is 44.4 Å². The highest BCUT2D eigenvalue weighted by atomic mass is 35.7. The lowest BCUT2D eigenvalue weighted by atomic mass is 10.2. The van der Waals surface area contributed by atoms with Crippen LogP contribution in [0.1, 0.15) is 0 Å². The summed E-state index contributed by atoms with van der Waals surface area (Å²) in [5, 5.41) is 1.86. The van der Waals surface area contributed by atoms with E-state index in [1.54, 1.807) is 0 Å². The summed E-state index contributed by atoms with van der Waals surface area (Å²) in [6.07, 6.45) is 0. The molecule has 5 heteroatoms. The van der Waals surface area contributed by atoms with Crippen molar-refractivity contribution in [2.45, 2.75) is 9.79 Å². The molecule has 0 N–H and O–H groups in total. The summed E-state index contributed by atoms with van der Waals surface area (Å²) in [6.45, 7) is 4.15. The largest absolute Gasteiger partial charge is 0.378 e. The normalized spacial score (nSPS) is 17.2. The molecule has 0 aliphatic carbocycles. The van der Waals surface area contributed by atoms with Gasteiger partial charge in [-0.15, -0.1) is 10.1 Å². The fourth-order valence-electron chi connectivity index (χ4n) is 2.49. The third-order valence-corrected chi connectivity index (χ3v) is 6.44. The van der Waals surface area contributed by atoms with Gasteiger partial charge in [-0.3, -0.25) is 0 Å². The number of hydrogen-bond acceptors (Lipinski definition) is 3. The maximum atomic E-state index is 6.84. The lowest BCUT2D eigenvalue weighted by Crippen LogP contribution is -2.29. The Morgan fingerprint density at radius 2 is 1.59 bits per heavy atom. The second kappa shape index (κ2) is 5.52. The molecule has 1 unspecified atom stereocenters. The van der Waals surface area contributed by atoms with Crippen molar-refractivity contribution < 1.29 is 0 Å². The number of fused-ring (bicyclic) bond motifs is 2. The van der Waals surface area contributed by atoms with Gasteiger partial charge in [-0.1, -0.05) is 17.3 Å². The molecule has 0 bridgehead atoms. The highest BCUT2D eigenvalue weighted by Crippen LogP contribution is 2.54. The summed E-state index contributed by atoms with van der Waals surface area (Å²) in [5.74, 6) is 0. The summed E-state index contributed by atoms with van der Waals surface area (Å²) >= 11 is 0. The van der Waals surface area contributed by atoms with Gasteiger partial charge in [0.1, 0.15) is 0 Å². The molecule has 0 radical (unpaired) electrons. The van der Waals surface area contributed by atoms with E-state index in [0.29, 0.717) is 0 Å². The van der Waals surface area contributed by atoms with E-state index in [4.69, 9.17) is 15.7 Å². The molecule has 2 aromatic carbocycles. The molecule has 3 nitrogen and oxygen atoms in total. The topological polar surface area (TPSA) is 18.8 Å². The maximum absolute atomic E-state index is 6.84. The summed E-state index contributed by atoms with van der Waals surface area (Å²) in [5.41, 5.74) is 3.21. The minimum Gasteiger partial charge on any atom is -0.378 e. The predicted octanol–water partition coefficient (Wildman–Crippen LogP) is 3.07. The third kappa shape index (κ3) is 2.46. The number of benzene rings is 2. The Balaban J connectivity index is 2.26. The van der Waals surface area contributed by atoms with E-state index in [1.807, 2.05) is 34.3 Å². The highest BCUT2D eigenvalue weighted by molar-refractivity contribution is 8.36. The summed E-state index contributed by atoms with van der Waals surface area (Å²) in [4.78, 5) is 11.2. The lowest BCUT2D eigenvalue weighted by molar-refractivity contribution is 1.08. The molecule has 0 spiro atoms. The Labute approximate surface area is 138 Å². The smallest absolute Gasteiger partial charge is 0.0837 e. The molecule has 1 heterocycles. The average molecular weight is 334 g/mol. The first kappa shape index (κ1) is 15.3. The molecule has 1 atom stereocenters. The van der Waals surface area contributed by atoms with E-state index in [1.165, 1.54) is 0 Å². The van der Waals surface area contributed by atoms with Crippen LogP contribution >= 0.6 is 20.8 Å². The van der Waals surface area contributed by atoms with Crippen LogP contribution in [-0.2, 0) is 0 Å². The SMILES string of the molecule is C=c1cc(N(C)C)cc2c1=Nc1ccc(N(C)C)cc1[SH]2Cl. The van der Waals surface area contributed by atoms with Gasteiger partial charge in [0.05, 0.1) is 11.0 Å². The molecular formula is C17H20ClN3S. The number of thiol groups is 1. The highest BCUT2D eigenvalue weighted by Gasteiger charge is 2.20. The molecule has 1 aliphatic rings. The zero-order valence-electron chi connectivity index (χ0n) is 13.3. The molecule has 0 saturated heterocycles. The van der Waals surface area contributed by atoms with Crippen LogP contribution in [0.5, 0.6) is 0 Å². The molecular weight excluding hydrogens is 314 g/mol. The predicted molar refractivity (Wildman–Crippen MR) is 98.9 cm³/mol. The van der Waals surface area contributed by atoms with Gasteiger partial charge in [-0.2, -0.15) is 0 Å². The molecule has 1 aliphatic heterocycles. The van der Waals surface area contributed by atoms with Crippen LogP contribution in [0.2, 0.25) is 0 Å². The van der Waals surface area contributed by atoms with Crippen molar-refractivity contribution in [1.29, 1.82) is 0 Å². The Morgan fingerprint density at radius 3 is 2.23 bits per heavy atom. The average Bonchev–Trinajstić information content (AvgIpc) is 2.47. The second-order valence-corrected chi connectivity index (χ2v) is 8.37. The molecule has 0 aromatic heterocycles. The molecule has 0 saturated carbocycles. The Hall–Kier alpha value is -1.65. The van der Waals surface area contributed by atoms with Crippen LogP contribution < -0.4 is 20.4 Å². The number of halogens is 1. The van der Waals surface area contributed by atoms with Crippen LogP contribution in [0, 0.1) is 0 Å². The molecule has 2 aromatic rings. The molecule has 0 fully saturated rings. The Bertz CT molecular complexity index is 846. The molecule has 116 valence electrons. The van der Waals surface area contributed by atoms with Gasteiger partial charge in [-0.25, -0.2) is 4.99 Å². The van der Waals surface area contributed by atoms with E-state index in [2.05, 4.69) is 40.6 Å². The first-order valence-electron chi connectivity index (χ1n) is 7.05. The zero-order chi connectivity index (χ0) is 16.0. The van der Waals surface area contributed by atoms with Crippen molar-refractivity contribution in [2.24, 2.45) is 4.99 Å². The van der Waals surface area contributed by atoms with Crippen LogP contribution in [-0.4, -0.2) is 28.2 Å². The van der Waals surface area contributed by atoms with Gasteiger partial charge in [0.25, 0.3) is 0 Å². The van der Waals surface area contributed by atoms with Gasteiger partial charge >= 0.3 is 0 Å². The molecule has 22 heavy (non-hydrogen) atoms. The second-order valence-electron chi connectivity index (χ2n) is 5.83. The van der Waals surface area contributed by atoms with Gasteiger partial charge < -0.3 is 9.80 Å². The van der Waals surface area contributed by atoms with Crippen molar-refractivity contribution in [3.05, 3.63) is 40.9 Å². The number of nitrogens with zero attached hydrogens (tertiary/aromatic N) is 3. The first-order valence-corrected chi connectivity index (χ1v) is 9.29. The van der Waals surface area contributed by atoms with E-state index in [9.17, 15) is 0 Å². The van der Waals surface area contributed by atoms with Gasteiger partial charge in [0.15, 0.2) is 0 Å². The fraction of sp³-hybridized carbons (Fsp3) is 0.235. The maximum Gasteiger partial charge on any atom is 0.0837 e. The first-order chi connectivity index (χ1) is 10.4. The van der Waals surface area contributed by atoms with Crippen molar-refractivity contribution in [2.75, 3.05) is 38.0 Å². The van der Waals surface area contributed by atoms with Gasteiger partial charge in [-0.05, 0) is 35.6 Å². The zero-order valence-corrected chi connectivity index (χ0v) is 14.9. The van der Waals surface area contributed by atoms with Crippen LogP contribution in [0.25, 0.3) is 6.58 Å². The van der Waals surface area contributed by atoms with Crippen LogP contribution in [0.4, 0.5) is 17.1 Å². The molecule has 0 amide bonds. The number of hydrogen-bond donors (Lipinski definition) is 1. The standard InChI is InChI=1S/C17H20ClN3S/c1-11-8-13(21(4)5)10-16-17(11)19-14-7-6-12(20(2)3)9-15(14)22(16)18/h6-10,22H,1H2,2-5H3. The van der Waals surface area contributed by atoms with Gasteiger partial charge in [0.2, 0.25) is 0 Å². The van der Waals surface area contributed by atoms with Crippen LogP contribution in [0.15, 0.2) is 45.1 Å². The van der Waals surface area contributed by atoms with Crippen LogP contribution in [0.3, 0.4) is 0 Å². The van der Waals surface area contributed by atoms with Crippen molar-refractivity contribution in [1.82, 2.24) is 0 Å². The van der Waals surface area contributed by atoms with E-state index in [-0.39, 0.29) is 0 Å². The lowest BCUT2D eigenvalue weighted by Gasteiger charge is -2.25. The number of anilines is 2. The Morgan fingerprint density at radius 1 is 0.955 bits per heavy atom. The number of rotatable bonds is 2. The minimum absolute atomic E-state index is 0.927. The summed E-state index contributed by atoms with van der Waals surface area (Å²) in [6, 6.07) is 10.5. The van der Waals surface area contributed by atoms with Crippen molar-refractivity contribution in [3.8, 4) is 0 Å². The van der Waals surface area contributed by atoms with E-state index >= 15 is 0 Å². The summed E-state index contributed by atoms with van der Waals surface area (Å²) in [7, 11) is 14.0. The molecule has 3 rings (SSSR count). The summed E-state index contributed by atoms with van der Waals surface area (Å²) < 4.78 is 0. The monoisotopic (exact) mass is 333 g/mol. The Kier molecular flexibility index (Phi) is 3.83. The van der Waals surface area contributed by atoms with E-state index < -0.39 is 10.1 Å². The third-order valence-electron chi connectivity index (χ3n) is 3.80. The minimum atomic E-state index is -0.936.